The number of rotatable bonds is 4. The minimum absolute atomic E-state index is 0.225. The van der Waals surface area contributed by atoms with Gasteiger partial charge in [0.2, 0.25) is 0 Å². The van der Waals surface area contributed by atoms with E-state index in [1.54, 1.807) is 32.2 Å². The van der Waals surface area contributed by atoms with Gasteiger partial charge >= 0.3 is 0 Å². The number of hydrogen-bond acceptors (Lipinski definition) is 5. The summed E-state index contributed by atoms with van der Waals surface area (Å²) in [4.78, 5) is 28.3. The fourth-order valence-electron chi connectivity index (χ4n) is 2.35. The van der Waals surface area contributed by atoms with E-state index in [9.17, 15) is 9.59 Å². The highest BCUT2D eigenvalue weighted by Gasteiger charge is 2.19. The Kier molecular flexibility index (Phi) is 5.33. The van der Waals surface area contributed by atoms with Crippen LogP contribution in [0.3, 0.4) is 0 Å². The second kappa shape index (κ2) is 7.50. The lowest BCUT2D eigenvalue weighted by Crippen LogP contribution is -2.29. The first-order valence-corrected chi connectivity index (χ1v) is 9.15. The second-order valence-corrected chi connectivity index (χ2v) is 7.37. The van der Waals surface area contributed by atoms with Gasteiger partial charge in [-0.2, -0.15) is 9.78 Å². The maximum Gasteiger partial charge on any atom is 0.266 e. The Morgan fingerprint density at radius 2 is 1.88 bits per heavy atom. The highest BCUT2D eigenvalue weighted by molar-refractivity contribution is 9.11. The van der Waals surface area contributed by atoms with Crippen molar-refractivity contribution in [2.45, 2.75) is 13.0 Å². The Labute approximate surface area is 165 Å². The number of carbonyl (C=O) groups is 1. The molecule has 0 unspecified atom stereocenters. The predicted molar refractivity (Wildman–Crippen MR) is 102 cm³/mol. The van der Waals surface area contributed by atoms with Crippen LogP contribution in [0.15, 0.2) is 50.4 Å². The maximum absolute atomic E-state index is 12.5. The van der Waals surface area contributed by atoms with Gasteiger partial charge in [0.15, 0.2) is 11.6 Å². The molecule has 1 atom stereocenters. The first kappa shape index (κ1) is 18.5. The van der Waals surface area contributed by atoms with E-state index in [4.69, 9.17) is 0 Å². The van der Waals surface area contributed by atoms with Crippen molar-refractivity contribution in [3.8, 4) is 5.82 Å². The number of carbonyl (C=O) groups excluding carboxylic acids is 1. The second-order valence-electron chi connectivity index (χ2n) is 5.54. The van der Waals surface area contributed by atoms with Gasteiger partial charge in [0.05, 0.1) is 6.04 Å². The van der Waals surface area contributed by atoms with E-state index in [0.29, 0.717) is 17.2 Å². The van der Waals surface area contributed by atoms with Crippen LogP contribution in [-0.4, -0.2) is 30.5 Å². The van der Waals surface area contributed by atoms with Gasteiger partial charge < -0.3 is 5.32 Å². The number of aromatic nitrogens is 5. The molecule has 134 valence electrons. The summed E-state index contributed by atoms with van der Waals surface area (Å²) in [5.41, 5.74) is 0.279. The molecule has 2 aromatic heterocycles. The fraction of sp³-hybridized carbons (Fsp3) is 0.188. The van der Waals surface area contributed by atoms with Gasteiger partial charge in [0.1, 0.15) is 6.33 Å². The minimum Gasteiger partial charge on any atom is -0.342 e. The number of nitrogens with zero attached hydrogens (tertiary/aromatic N) is 5. The summed E-state index contributed by atoms with van der Waals surface area (Å²) < 4.78 is 4.29. The maximum atomic E-state index is 12.5. The van der Waals surface area contributed by atoms with Gasteiger partial charge in [-0.25, -0.2) is 9.67 Å². The van der Waals surface area contributed by atoms with E-state index in [1.807, 2.05) is 6.07 Å². The van der Waals surface area contributed by atoms with E-state index in [-0.39, 0.29) is 11.5 Å². The fourth-order valence-corrected chi connectivity index (χ4v) is 3.65. The Balaban J connectivity index is 1.86. The van der Waals surface area contributed by atoms with Crippen molar-refractivity contribution in [2.75, 3.05) is 0 Å². The lowest BCUT2D eigenvalue weighted by molar-refractivity contribution is 0.0937. The monoisotopic (exact) mass is 480 g/mol. The van der Waals surface area contributed by atoms with Crippen LogP contribution in [0.1, 0.15) is 29.1 Å². The van der Waals surface area contributed by atoms with Gasteiger partial charge in [-0.3, -0.25) is 9.59 Å². The van der Waals surface area contributed by atoms with Gasteiger partial charge in [0.25, 0.3) is 11.5 Å². The molecule has 0 fully saturated rings. The Bertz CT molecular complexity index is 1010. The van der Waals surface area contributed by atoms with Crippen LogP contribution in [0.4, 0.5) is 0 Å². The molecule has 3 rings (SSSR count). The molecule has 0 saturated carbocycles. The lowest BCUT2D eigenvalue weighted by atomic mass is 10.2. The molecule has 2 heterocycles. The summed E-state index contributed by atoms with van der Waals surface area (Å²) in [7, 11) is 1.55. The molecule has 0 aliphatic rings. The van der Waals surface area contributed by atoms with Crippen molar-refractivity contribution in [1.29, 1.82) is 0 Å². The van der Waals surface area contributed by atoms with Crippen molar-refractivity contribution in [3.05, 3.63) is 67.3 Å². The van der Waals surface area contributed by atoms with Crippen LogP contribution in [0.2, 0.25) is 0 Å². The Morgan fingerprint density at radius 1 is 1.19 bits per heavy atom. The van der Waals surface area contributed by atoms with Crippen molar-refractivity contribution in [1.82, 2.24) is 29.9 Å². The molecule has 10 heteroatoms. The number of hydrogen-bond donors (Lipinski definition) is 1. The molecule has 0 saturated heterocycles. The van der Waals surface area contributed by atoms with Gasteiger partial charge in [-0.05, 0) is 31.2 Å². The highest BCUT2D eigenvalue weighted by Crippen LogP contribution is 2.21. The summed E-state index contributed by atoms with van der Waals surface area (Å²) in [5.74, 6) is 0.687. The standard InChI is InChI=1S/C16H14Br2N6O2/c1-9(21-16(26)10-5-11(17)7-12(18)6-10)15-19-8-20-24(15)13-3-4-14(25)23(2)22-13/h3-9H,1-2H3,(H,21,26)/t9-/m0/s1. The summed E-state index contributed by atoms with van der Waals surface area (Å²) in [6.07, 6.45) is 1.38. The topological polar surface area (TPSA) is 94.7 Å². The van der Waals surface area contributed by atoms with E-state index in [1.165, 1.54) is 21.8 Å². The van der Waals surface area contributed by atoms with Crippen LogP contribution in [-0.2, 0) is 7.05 Å². The summed E-state index contributed by atoms with van der Waals surface area (Å²) in [6, 6.07) is 7.83. The van der Waals surface area contributed by atoms with Gasteiger partial charge in [-0.1, -0.05) is 31.9 Å². The SMILES string of the molecule is C[C@H](NC(=O)c1cc(Br)cc(Br)c1)c1ncnn1-c1ccc(=O)n(C)n1. The van der Waals surface area contributed by atoms with E-state index < -0.39 is 6.04 Å². The zero-order valence-electron chi connectivity index (χ0n) is 13.8. The minimum atomic E-state index is -0.429. The summed E-state index contributed by atoms with van der Waals surface area (Å²) >= 11 is 6.74. The first-order chi connectivity index (χ1) is 12.3. The zero-order valence-corrected chi connectivity index (χ0v) is 17.0. The molecular formula is C16H14Br2N6O2. The molecule has 1 amide bonds. The molecule has 0 bridgehead atoms. The van der Waals surface area contributed by atoms with Gasteiger partial charge in [-0.15, -0.1) is 5.10 Å². The van der Waals surface area contributed by atoms with Crippen LogP contribution < -0.4 is 10.9 Å². The Morgan fingerprint density at radius 3 is 2.54 bits per heavy atom. The van der Waals surface area contributed by atoms with Crippen molar-refractivity contribution >= 4 is 37.8 Å². The first-order valence-electron chi connectivity index (χ1n) is 7.57. The molecule has 1 N–H and O–H groups in total. The molecule has 0 aliphatic carbocycles. The number of halogens is 2. The van der Waals surface area contributed by atoms with E-state index in [0.717, 1.165) is 8.95 Å². The van der Waals surface area contributed by atoms with Crippen LogP contribution >= 0.6 is 31.9 Å². The third-order valence-corrected chi connectivity index (χ3v) is 4.51. The predicted octanol–water partition coefficient (Wildman–Crippen LogP) is 2.38. The van der Waals surface area contributed by atoms with Crippen LogP contribution in [0.5, 0.6) is 0 Å². The average Bonchev–Trinajstić information content (AvgIpc) is 3.06. The Hall–Kier alpha value is -2.33. The molecule has 26 heavy (non-hydrogen) atoms. The molecule has 8 nitrogen and oxygen atoms in total. The largest absolute Gasteiger partial charge is 0.342 e. The van der Waals surface area contributed by atoms with Crippen molar-refractivity contribution < 1.29 is 4.79 Å². The van der Waals surface area contributed by atoms with Crippen LogP contribution in [0, 0.1) is 0 Å². The lowest BCUT2D eigenvalue weighted by Gasteiger charge is -2.15. The molecule has 3 aromatic rings. The van der Waals surface area contributed by atoms with Crippen LogP contribution in [0.25, 0.3) is 5.82 Å². The molecule has 0 spiro atoms. The van der Waals surface area contributed by atoms with E-state index >= 15 is 0 Å². The van der Waals surface area contributed by atoms with Gasteiger partial charge in [0, 0.05) is 27.6 Å². The summed E-state index contributed by atoms with van der Waals surface area (Å²) in [5, 5.41) is 11.2. The smallest absolute Gasteiger partial charge is 0.266 e. The number of benzene rings is 1. The molecule has 0 radical (unpaired) electrons. The molecule has 1 aromatic carbocycles. The van der Waals surface area contributed by atoms with Crippen molar-refractivity contribution in [2.24, 2.45) is 7.05 Å². The summed E-state index contributed by atoms with van der Waals surface area (Å²) in [6.45, 7) is 1.80. The number of amides is 1. The average molecular weight is 482 g/mol. The third kappa shape index (κ3) is 3.91. The molecular weight excluding hydrogens is 468 g/mol. The highest BCUT2D eigenvalue weighted by atomic mass is 79.9. The molecule has 0 aliphatic heterocycles. The van der Waals surface area contributed by atoms with Crippen molar-refractivity contribution in [3.63, 3.8) is 0 Å². The normalized spacial score (nSPS) is 12.0. The van der Waals surface area contributed by atoms with E-state index in [2.05, 4.69) is 52.4 Å². The third-order valence-electron chi connectivity index (χ3n) is 3.60. The number of aryl methyl sites for hydroxylation is 1. The zero-order chi connectivity index (χ0) is 18.8. The quantitative estimate of drug-likeness (QED) is 0.617. The number of nitrogens with one attached hydrogen (secondary N) is 1.